The minimum absolute atomic E-state index is 0.00186. The van der Waals surface area contributed by atoms with E-state index in [2.05, 4.69) is 9.31 Å². The first-order valence-corrected chi connectivity index (χ1v) is 32.9. The second-order valence-corrected chi connectivity index (χ2v) is 25.0. The molecular formula is C75H36B4F30O15. The lowest BCUT2D eigenvalue weighted by molar-refractivity contribution is 0.277. The quantitative estimate of drug-likeness (QED) is 0.0197. The molecule has 0 amide bonds. The number of hydrogen-bond donors (Lipinski definition) is 12. The number of phenols is 3. The molecule has 648 valence electrons. The van der Waals surface area contributed by atoms with Gasteiger partial charge in [0.1, 0.15) is 23.0 Å². The van der Waals surface area contributed by atoms with E-state index in [0.29, 0.717) is 5.56 Å². The lowest BCUT2D eigenvalue weighted by Gasteiger charge is -2.23. The molecule has 0 spiro atoms. The highest BCUT2D eigenvalue weighted by Gasteiger charge is 2.43. The van der Waals surface area contributed by atoms with Crippen molar-refractivity contribution in [3.05, 3.63) is 282 Å². The largest absolute Gasteiger partial charge is 0.707 e. The number of phenolic OH excluding ortho intramolecular Hbond substituents is 3. The molecule has 0 saturated heterocycles. The minimum atomic E-state index is -3.34. The van der Waals surface area contributed by atoms with Crippen LogP contribution < -0.4 is 14.0 Å². The molecule has 0 aromatic heterocycles. The summed E-state index contributed by atoms with van der Waals surface area (Å²) in [5.74, 6) is -96.6. The number of benzene rings is 12. The minimum Gasteiger partial charge on any atom is -0.511 e. The maximum atomic E-state index is 15.1. The van der Waals surface area contributed by atoms with Crippen molar-refractivity contribution in [3.8, 4) is 135 Å². The summed E-state index contributed by atoms with van der Waals surface area (Å²) in [5, 5.41) is 110. The number of halogens is 30. The summed E-state index contributed by atoms with van der Waals surface area (Å²) in [4.78, 5) is 0. The van der Waals surface area contributed by atoms with E-state index in [4.69, 9.17) is 29.8 Å². The van der Waals surface area contributed by atoms with Crippen LogP contribution in [0.5, 0.6) is 34.5 Å². The fourth-order valence-corrected chi connectivity index (χ4v) is 11.9. The fraction of sp³-hybridized carbons (Fsp3) is 0.0400. The van der Waals surface area contributed by atoms with Crippen LogP contribution in [-0.2, 0) is 0 Å². The molecule has 0 bridgehead atoms. The first-order chi connectivity index (χ1) is 57.8. The predicted octanol–water partition coefficient (Wildman–Crippen LogP) is 17.3. The molecule has 12 rings (SSSR count). The second kappa shape index (κ2) is 37.1. The Morgan fingerprint density at radius 2 is 0.379 bits per heavy atom. The lowest BCUT2D eigenvalue weighted by atomic mass is 9.84. The van der Waals surface area contributed by atoms with E-state index in [1.165, 1.54) is 0 Å². The van der Waals surface area contributed by atoms with Crippen molar-refractivity contribution >= 4 is 29.3 Å². The van der Waals surface area contributed by atoms with Gasteiger partial charge in [0.25, 0.3) is 0 Å². The highest BCUT2D eigenvalue weighted by molar-refractivity contribution is 6.35. The molecule has 0 fully saturated rings. The molecule has 0 radical (unpaired) electrons. The van der Waals surface area contributed by atoms with Gasteiger partial charge in [-0.1, -0.05) is 89.5 Å². The summed E-state index contributed by atoms with van der Waals surface area (Å²) in [6.45, 7) is 6.06. The van der Waals surface area contributed by atoms with Gasteiger partial charge < -0.3 is 74.5 Å². The average molecular weight is 1790 g/mol. The Hall–Kier alpha value is -12.8. The Kier molecular flexibility index (Phi) is 28.5. The summed E-state index contributed by atoms with van der Waals surface area (Å²) < 4.78 is 445. The van der Waals surface area contributed by atoms with Crippen molar-refractivity contribution < 1.29 is 206 Å². The van der Waals surface area contributed by atoms with E-state index in [0.717, 1.165) is 44.5 Å². The van der Waals surface area contributed by atoms with Crippen LogP contribution in [0.25, 0.3) is 100 Å². The molecule has 12 N–H and O–H groups in total. The molecule has 0 saturated carbocycles. The van der Waals surface area contributed by atoms with Crippen molar-refractivity contribution in [3.63, 3.8) is 0 Å². The molecule has 0 aliphatic rings. The van der Waals surface area contributed by atoms with E-state index in [1.807, 2.05) is 93.6 Å². The Bertz CT molecular complexity index is 6040. The van der Waals surface area contributed by atoms with Crippen LogP contribution in [0.2, 0.25) is 0 Å². The highest BCUT2D eigenvalue weighted by Crippen LogP contribution is 2.58. The van der Waals surface area contributed by atoms with Gasteiger partial charge in [0.05, 0.1) is 33.4 Å². The van der Waals surface area contributed by atoms with Crippen LogP contribution in [0.1, 0.15) is 16.7 Å². The first-order valence-electron chi connectivity index (χ1n) is 32.9. The first kappa shape index (κ1) is 95.1. The Morgan fingerprint density at radius 3 is 0.661 bits per heavy atom. The molecule has 0 heterocycles. The topological polar surface area (TPSA) is 270 Å². The smallest absolute Gasteiger partial charge is 0.511 e. The zero-order chi connectivity index (χ0) is 92.9. The molecule has 49 heteroatoms. The van der Waals surface area contributed by atoms with Gasteiger partial charge in [-0.3, -0.25) is 0 Å². The number of aryl methyl sites for hydroxylation is 3. The maximum absolute atomic E-state index is 15.1. The lowest BCUT2D eigenvalue weighted by Crippen LogP contribution is -2.21. The van der Waals surface area contributed by atoms with Gasteiger partial charge in [-0.2, -0.15) is 0 Å². The van der Waals surface area contributed by atoms with Crippen molar-refractivity contribution in [2.24, 2.45) is 0 Å². The zero-order valence-electron chi connectivity index (χ0n) is 60.4. The van der Waals surface area contributed by atoms with Crippen molar-refractivity contribution in [1.82, 2.24) is 0 Å². The van der Waals surface area contributed by atoms with Crippen LogP contribution in [-0.4, -0.2) is 89.8 Å². The average Bonchev–Trinajstić information content (AvgIpc) is 0.721. The predicted molar refractivity (Wildman–Crippen MR) is 371 cm³/mol. The Balaban J connectivity index is 0.000000209. The van der Waals surface area contributed by atoms with E-state index in [9.17, 15) is 158 Å². The van der Waals surface area contributed by atoms with Gasteiger partial charge in [0.15, 0.2) is 151 Å². The fourth-order valence-electron chi connectivity index (χ4n) is 11.9. The molecule has 0 atom stereocenters. The third-order valence-electron chi connectivity index (χ3n) is 17.3. The normalized spacial score (nSPS) is 11.1. The molecule has 12 aromatic rings. The third kappa shape index (κ3) is 17.7. The summed E-state index contributed by atoms with van der Waals surface area (Å²) >= 11 is 0. The van der Waals surface area contributed by atoms with Crippen LogP contribution in [0, 0.1) is 195 Å². The highest BCUT2D eigenvalue weighted by atomic mass is 19.2. The van der Waals surface area contributed by atoms with Crippen LogP contribution in [0.15, 0.2) is 91.0 Å². The van der Waals surface area contributed by atoms with E-state index >= 15 is 8.78 Å². The number of aromatic hydroxyl groups is 3. The van der Waals surface area contributed by atoms with Crippen LogP contribution in [0.3, 0.4) is 0 Å². The van der Waals surface area contributed by atoms with Crippen LogP contribution >= 0.6 is 0 Å². The summed E-state index contributed by atoms with van der Waals surface area (Å²) in [5.41, 5.74) is -19.8. The SMILES string of the molecule is Cc1ccc(-c2cc(OB(O)O)c(O)c(-c3ccc(C)cc3)c2-c2ccc(C)cc2)cc1.OB(O)O.OB(O)Oc1cc(-c2c(F)c(F)c(F)c(F)c2F)c(-c2c(F)c(F)c(F)c(F)c2F)c(-c2c(F)c(F)c(F)c(F)c2F)c1O.OB(O)Oc1cc(-c2c(F)c(F)c(F)c(F)c2F)c(O)c(-c2c(F)c(F)c(F)c(F)c2F)c1-c1c(F)c(F)c(F)c(F)c1F. The molecule has 15 nitrogen and oxygen atoms in total. The molecule has 124 heavy (non-hydrogen) atoms. The summed E-state index contributed by atoms with van der Waals surface area (Å²) in [6, 6.07) is 25.1. The molecule has 12 aromatic carbocycles. The van der Waals surface area contributed by atoms with E-state index in [-0.39, 0.29) is 23.6 Å². The van der Waals surface area contributed by atoms with Gasteiger partial charge in [0, 0.05) is 44.5 Å². The van der Waals surface area contributed by atoms with E-state index < -0.39 is 294 Å². The third-order valence-corrected chi connectivity index (χ3v) is 17.3. The number of hydrogen-bond acceptors (Lipinski definition) is 15. The van der Waals surface area contributed by atoms with Crippen molar-refractivity contribution in [2.45, 2.75) is 20.8 Å². The van der Waals surface area contributed by atoms with Gasteiger partial charge in [-0.15, -0.1) is 0 Å². The van der Waals surface area contributed by atoms with Crippen molar-refractivity contribution in [2.75, 3.05) is 0 Å². The molecule has 0 aliphatic carbocycles. The van der Waals surface area contributed by atoms with E-state index in [1.54, 1.807) is 6.07 Å². The van der Waals surface area contributed by atoms with Gasteiger partial charge in [-0.25, -0.2) is 132 Å². The zero-order valence-corrected chi connectivity index (χ0v) is 60.4. The van der Waals surface area contributed by atoms with Gasteiger partial charge in [-0.05, 0) is 61.2 Å². The molecule has 0 aliphatic heterocycles. The Morgan fingerprint density at radius 1 is 0.185 bits per heavy atom. The maximum Gasteiger partial charge on any atom is 0.707 e. The molecule has 0 unspecified atom stereocenters. The van der Waals surface area contributed by atoms with Gasteiger partial charge in [0.2, 0.25) is 34.9 Å². The molecular weight excluding hydrogens is 1750 g/mol. The monoisotopic (exact) mass is 1790 g/mol. The Labute approximate surface area is 671 Å². The summed E-state index contributed by atoms with van der Waals surface area (Å²) in [7, 11) is -10.8. The summed E-state index contributed by atoms with van der Waals surface area (Å²) in [6.07, 6.45) is 0. The van der Waals surface area contributed by atoms with Crippen molar-refractivity contribution in [1.29, 1.82) is 0 Å². The standard InChI is InChI=1S/C27H25BO4.2C24H4BF15O4.BH3O3/c1-17-4-10-20(11-5-17)23-16-24(32-28(30)31)27(29)26(22-14-8-19(3)9-15-22)25(23)21-12-6-18(2)7-13-21;26-9-4(10(27)16(33)21(38)15(9)32)2-1-3(44-25(42)43)5(7-11(28)17(34)22(39)18(35)12(7)29)6(24(2)41)8-13(30)19(36)23(40)20(37)14(8)31;26-9-5(10(27)16(33)21(38)15(9)32)2-1-3(44-25(42)43)24(41)6(8-13(30)19(36)23(40)20(37)14(8)31)4(2)7-11(28)17(34)22(39)18(35)12(7)29;2-1(3)4/h4-16,29-31H,1-3H3;2*1,41-43H;2-4H. The second-order valence-electron chi connectivity index (χ2n) is 25.0. The van der Waals surface area contributed by atoms with Crippen LogP contribution in [0.4, 0.5) is 132 Å². The number of rotatable bonds is 15. The van der Waals surface area contributed by atoms with Gasteiger partial charge >= 0.3 is 29.3 Å².